The summed E-state index contributed by atoms with van der Waals surface area (Å²) in [7, 11) is 5.89. The van der Waals surface area contributed by atoms with Crippen molar-refractivity contribution in [3.63, 3.8) is 0 Å². The van der Waals surface area contributed by atoms with Gasteiger partial charge >= 0.3 is 0 Å². The van der Waals surface area contributed by atoms with Crippen LogP contribution in [0.5, 0.6) is 0 Å². The van der Waals surface area contributed by atoms with Crippen LogP contribution in [-0.2, 0) is 0 Å². The van der Waals surface area contributed by atoms with Crippen LogP contribution < -0.4 is 0 Å². The van der Waals surface area contributed by atoms with Gasteiger partial charge in [-0.05, 0) is 6.08 Å². The normalized spacial score (nSPS) is 17.3. The van der Waals surface area contributed by atoms with Crippen LogP contribution in [0.4, 0.5) is 0 Å². The van der Waals surface area contributed by atoms with Crippen molar-refractivity contribution >= 4 is 11.6 Å². The number of hydrogen-bond acceptors (Lipinski definition) is 2. The standard InChI is InChI=1S/C9H13ClN2/c1-7-9(10)5-8(11(2)3)6-12(7)4/h5-6H,1H2,2-4H3. The number of halogens is 1. The molecular formula is C9H13ClN2. The molecule has 1 rings (SSSR count). The van der Waals surface area contributed by atoms with E-state index < -0.39 is 0 Å². The van der Waals surface area contributed by atoms with Gasteiger partial charge in [-0.15, -0.1) is 0 Å². The summed E-state index contributed by atoms with van der Waals surface area (Å²) < 4.78 is 0. The summed E-state index contributed by atoms with van der Waals surface area (Å²) >= 11 is 5.95. The lowest BCUT2D eigenvalue weighted by atomic mass is 10.2. The highest BCUT2D eigenvalue weighted by molar-refractivity contribution is 6.32. The van der Waals surface area contributed by atoms with Gasteiger partial charge in [0.1, 0.15) is 0 Å². The predicted octanol–water partition coefficient (Wildman–Crippen LogP) is 1.97. The lowest BCUT2D eigenvalue weighted by Gasteiger charge is -2.26. The van der Waals surface area contributed by atoms with Crippen molar-refractivity contribution in [3.8, 4) is 0 Å². The molecule has 0 saturated carbocycles. The molecule has 0 N–H and O–H groups in total. The van der Waals surface area contributed by atoms with E-state index in [9.17, 15) is 0 Å². The summed E-state index contributed by atoms with van der Waals surface area (Å²) in [6, 6.07) is 0. The van der Waals surface area contributed by atoms with Gasteiger partial charge in [0.25, 0.3) is 0 Å². The van der Waals surface area contributed by atoms with Crippen LogP contribution in [0.3, 0.4) is 0 Å². The van der Waals surface area contributed by atoms with E-state index in [4.69, 9.17) is 11.6 Å². The topological polar surface area (TPSA) is 6.48 Å². The van der Waals surface area contributed by atoms with Crippen molar-refractivity contribution in [2.24, 2.45) is 0 Å². The van der Waals surface area contributed by atoms with Crippen LogP contribution in [0.15, 0.2) is 35.3 Å². The number of likely N-dealkylation sites (N-methyl/N-ethyl adjacent to an activating group) is 2. The van der Waals surface area contributed by atoms with Gasteiger partial charge in [0, 0.05) is 27.3 Å². The van der Waals surface area contributed by atoms with Crippen molar-refractivity contribution in [1.82, 2.24) is 9.80 Å². The molecule has 2 nitrogen and oxygen atoms in total. The molecule has 0 atom stereocenters. The Hall–Kier alpha value is -0.890. The monoisotopic (exact) mass is 184 g/mol. The Morgan fingerprint density at radius 3 is 2.50 bits per heavy atom. The number of allylic oxidation sites excluding steroid dienone is 2. The second-order valence-corrected chi connectivity index (χ2v) is 3.41. The molecule has 0 saturated heterocycles. The van der Waals surface area contributed by atoms with E-state index in [0.29, 0.717) is 5.03 Å². The average Bonchev–Trinajstić information content (AvgIpc) is 1.99. The van der Waals surface area contributed by atoms with Crippen LogP contribution in [0.2, 0.25) is 0 Å². The maximum Gasteiger partial charge on any atom is 0.0657 e. The third-order valence-corrected chi connectivity index (χ3v) is 2.15. The van der Waals surface area contributed by atoms with Crippen molar-refractivity contribution in [2.75, 3.05) is 21.1 Å². The molecule has 1 aliphatic heterocycles. The van der Waals surface area contributed by atoms with Gasteiger partial charge in [-0.25, -0.2) is 0 Å². The molecule has 0 aromatic rings. The van der Waals surface area contributed by atoms with Crippen molar-refractivity contribution in [1.29, 1.82) is 0 Å². The maximum absolute atomic E-state index is 5.95. The second kappa shape index (κ2) is 3.23. The second-order valence-electron chi connectivity index (χ2n) is 3.00. The largest absolute Gasteiger partial charge is 0.376 e. The molecule has 0 bridgehead atoms. The summed E-state index contributed by atoms with van der Waals surface area (Å²) in [4.78, 5) is 3.92. The van der Waals surface area contributed by atoms with Crippen molar-refractivity contribution in [2.45, 2.75) is 0 Å². The highest BCUT2D eigenvalue weighted by Crippen LogP contribution is 2.24. The van der Waals surface area contributed by atoms with Crippen LogP contribution in [0, 0.1) is 0 Å². The minimum atomic E-state index is 0.698. The third-order valence-electron chi connectivity index (χ3n) is 1.82. The van der Waals surface area contributed by atoms with E-state index in [-0.39, 0.29) is 0 Å². The van der Waals surface area contributed by atoms with E-state index in [1.807, 2.05) is 43.2 Å². The summed E-state index contributed by atoms with van der Waals surface area (Å²) in [5.41, 5.74) is 1.91. The average molecular weight is 185 g/mol. The summed E-state index contributed by atoms with van der Waals surface area (Å²) in [6.07, 6.45) is 3.90. The summed E-state index contributed by atoms with van der Waals surface area (Å²) in [5, 5.41) is 0.698. The van der Waals surface area contributed by atoms with E-state index in [2.05, 4.69) is 6.58 Å². The predicted molar refractivity (Wildman–Crippen MR) is 52.6 cm³/mol. The number of nitrogens with zero attached hydrogens (tertiary/aromatic N) is 2. The summed E-state index contributed by atoms with van der Waals surface area (Å²) in [6.45, 7) is 3.83. The Morgan fingerprint density at radius 2 is 2.08 bits per heavy atom. The molecular weight excluding hydrogens is 172 g/mol. The SMILES string of the molecule is C=C1C(Cl)=CC(N(C)C)=CN1C. The Morgan fingerprint density at radius 1 is 1.50 bits per heavy atom. The maximum atomic E-state index is 5.95. The first-order valence-corrected chi connectivity index (χ1v) is 4.08. The minimum absolute atomic E-state index is 0.698. The van der Waals surface area contributed by atoms with Gasteiger partial charge < -0.3 is 9.80 Å². The van der Waals surface area contributed by atoms with Gasteiger partial charge in [-0.1, -0.05) is 18.2 Å². The van der Waals surface area contributed by atoms with E-state index in [0.717, 1.165) is 11.4 Å². The molecule has 0 amide bonds. The molecule has 0 aromatic carbocycles. The lowest BCUT2D eigenvalue weighted by Crippen LogP contribution is -2.20. The van der Waals surface area contributed by atoms with Crippen LogP contribution in [0.25, 0.3) is 0 Å². The molecule has 12 heavy (non-hydrogen) atoms. The van der Waals surface area contributed by atoms with Crippen LogP contribution in [0.1, 0.15) is 0 Å². The molecule has 0 aromatic heterocycles. The van der Waals surface area contributed by atoms with E-state index in [1.165, 1.54) is 0 Å². The first-order chi connectivity index (χ1) is 5.52. The molecule has 3 heteroatoms. The molecule has 0 spiro atoms. The zero-order chi connectivity index (χ0) is 9.30. The number of hydrogen-bond donors (Lipinski definition) is 0. The zero-order valence-electron chi connectivity index (χ0n) is 7.63. The molecule has 0 radical (unpaired) electrons. The lowest BCUT2D eigenvalue weighted by molar-refractivity contribution is 0.485. The van der Waals surface area contributed by atoms with Crippen LogP contribution >= 0.6 is 11.6 Å². The fourth-order valence-corrected chi connectivity index (χ4v) is 1.18. The minimum Gasteiger partial charge on any atom is -0.376 e. The zero-order valence-corrected chi connectivity index (χ0v) is 8.39. The van der Waals surface area contributed by atoms with E-state index >= 15 is 0 Å². The highest BCUT2D eigenvalue weighted by Gasteiger charge is 2.12. The van der Waals surface area contributed by atoms with Gasteiger partial charge in [0.05, 0.1) is 16.4 Å². The molecule has 66 valence electrons. The Kier molecular flexibility index (Phi) is 2.48. The molecule has 0 aliphatic carbocycles. The molecule has 0 fully saturated rings. The van der Waals surface area contributed by atoms with E-state index in [1.54, 1.807) is 0 Å². The number of rotatable bonds is 1. The Balaban J connectivity index is 2.95. The first kappa shape index (κ1) is 9.20. The quantitative estimate of drug-likeness (QED) is 0.615. The van der Waals surface area contributed by atoms with Gasteiger partial charge in [0.15, 0.2) is 0 Å². The third kappa shape index (κ3) is 1.64. The fourth-order valence-electron chi connectivity index (χ4n) is 0.940. The molecule has 1 aliphatic rings. The van der Waals surface area contributed by atoms with Crippen molar-refractivity contribution < 1.29 is 0 Å². The summed E-state index contributed by atoms with van der Waals surface area (Å²) in [5.74, 6) is 0. The smallest absolute Gasteiger partial charge is 0.0657 e. The van der Waals surface area contributed by atoms with Crippen LogP contribution in [-0.4, -0.2) is 30.9 Å². The molecule has 0 unspecified atom stereocenters. The fraction of sp³-hybridized carbons (Fsp3) is 0.333. The van der Waals surface area contributed by atoms with Gasteiger partial charge in [-0.2, -0.15) is 0 Å². The highest BCUT2D eigenvalue weighted by atomic mass is 35.5. The van der Waals surface area contributed by atoms with Gasteiger partial charge in [-0.3, -0.25) is 0 Å². The Bertz CT molecular complexity index is 264. The first-order valence-electron chi connectivity index (χ1n) is 3.71. The van der Waals surface area contributed by atoms with Crippen molar-refractivity contribution in [3.05, 3.63) is 35.3 Å². The molecule has 1 heterocycles. The Labute approximate surface area is 78.4 Å². The van der Waals surface area contributed by atoms with Gasteiger partial charge in [0.2, 0.25) is 0 Å².